The highest BCUT2D eigenvalue weighted by Crippen LogP contribution is 2.45. The largest absolute Gasteiger partial charge is 0.493 e. The van der Waals surface area contributed by atoms with Crippen molar-refractivity contribution < 1.29 is 18.6 Å². The van der Waals surface area contributed by atoms with Crippen molar-refractivity contribution in [1.29, 1.82) is 0 Å². The first-order valence-corrected chi connectivity index (χ1v) is 10.2. The molecule has 1 aromatic heterocycles. The molecular weight excluding hydrogens is 397 g/mol. The second-order valence-electron chi connectivity index (χ2n) is 7.48. The number of hydrogen-bond donors (Lipinski definition) is 0. The van der Waals surface area contributed by atoms with Crippen LogP contribution in [0.2, 0.25) is 0 Å². The van der Waals surface area contributed by atoms with E-state index in [0.717, 1.165) is 40.3 Å². The van der Waals surface area contributed by atoms with Crippen molar-refractivity contribution >= 4 is 11.5 Å². The molecule has 0 fully saturated rings. The van der Waals surface area contributed by atoms with Crippen molar-refractivity contribution in [3.05, 3.63) is 53.5 Å². The zero-order valence-corrected chi connectivity index (χ0v) is 18.4. The lowest BCUT2D eigenvalue weighted by atomic mass is 9.98. The predicted octanol–water partition coefficient (Wildman–Crippen LogP) is 5.36. The first-order chi connectivity index (χ1) is 15.0. The van der Waals surface area contributed by atoms with Gasteiger partial charge >= 0.3 is 0 Å². The van der Waals surface area contributed by atoms with Crippen molar-refractivity contribution in [2.45, 2.75) is 32.7 Å². The van der Waals surface area contributed by atoms with Crippen molar-refractivity contribution in [3.63, 3.8) is 0 Å². The maximum atomic E-state index is 13.5. The minimum atomic E-state index is -0.266. The van der Waals surface area contributed by atoms with Gasteiger partial charge in [0.1, 0.15) is 5.82 Å². The molecule has 0 spiro atoms. The minimum absolute atomic E-state index is 0.0827. The van der Waals surface area contributed by atoms with Crippen molar-refractivity contribution in [2.24, 2.45) is 4.99 Å². The van der Waals surface area contributed by atoms with Crippen LogP contribution in [-0.2, 0) is 6.42 Å². The lowest BCUT2D eigenvalue weighted by Gasteiger charge is -2.25. The first kappa shape index (κ1) is 20.9. The van der Waals surface area contributed by atoms with E-state index in [2.05, 4.69) is 6.92 Å². The zero-order chi connectivity index (χ0) is 22.1. The SMILES string of the molecule is CCc1nn2c(c1-c1ccc(F)cc1)N=C(C)C[C@@H]2c1cc(OC)c(OC)c(OC)c1. The van der Waals surface area contributed by atoms with Crippen LogP contribution in [0.1, 0.15) is 37.6 Å². The van der Waals surface area contributed by atoms with E-state index in [4.69, 9.17) is 24.3 Å². The molecule has 0 amide bonds. The van der Waals surface area contributed by atoms with Gasteiger partial charge < -0.3 is 14.2 Å². The Labute approximate surface area is 181 Å². The van der Waals surface area contributed by atoms with E-state index in [1.165, 1.54) is 12.1 Å². The minimum Gasteiger partial charge on any atom is -0.493 e. The molecule has 0 saturated heterocycles. The Balaban J connectivity index is 1.90. The molecule has 0 unspecified atom stereocenters. The van der Waals surface area contributed by atoms with Gasteiger partial charge in [0.2, 0.25) is 5.75 Å². The van der Waals surface area contributed by atoms with Gasteiger partial charge in [0.15, 0.2) is 17.3 Å². The van der Waals surface area contributed by atoms with Gasteiger partial charge in [-0.25, -0.2) is 14.1 Å². The molecule has 1 aliphatic heterocycles. The van der Waals surface area contributed by atoms with Crippen LogP contribution < -0.4 is 14.2 Å². The zero-order valence-electron chi connectivity index (χ0n) is 18.4. The Bertz CT molecular complexity index is 1110. The summed E-state index contributed by atoms with van der Waals surface area (Å²) in [6, 6.07) is 10.3. The van der Waals surface area contributed by atoms with Gasteiger partial charge in [0.05, 0.1) is 33.1 Å². The monoisotopic (exact) mass is 423 g/mol. The third-order valence-electron chi connectivity index (χ3n) is 5.58. The van der Waals surface area contributed by atoms with E-state index in [0.29, 0.717) is 23.7 Å². The van der Waals surface area contributed by atoms with Crippen LogP contribution >= 0.6 is 0 Å². The molecule has 4 rings (SSSR count). The molecular formula is C24H26FN3O3. The van der Waals surface area contributed by atoms with E-state index >= 15 is 0 Å². The molecule has 3 aromatic rings. The maximum absolute atomic E-state index is 13.5. The van der Waals surface area contributed by atoms with E-state index in [1.54, 1.807) is 33.5 Å². The van der Waals surface area contributed by atoms with Crippen molar-refractivity contribution in [1.82, 2.24) is 9.78 Å². The summed E-state index contributed by atoms with van der Waals surface area (Å²) < 4.78 is 32.1. The Morgan fingerprint density at radius 1 is 1.03 bits per heavy atom. The smallest absolute Gasteiger partial charge is 0.203 e. The highest BCUT2D eigenvalue weighted by molar-refractivity contribution is 5.90. The number of rotatable bonds is 6. The van der Waals surface area contributed by atoms with Gasteiger partial charge in [-0.2, -0.15) is 5.10 Å². The van der Waals surface area contributed by atoms with Crippen LogP contribution in [-0.4, -0.2) is 36.8 Å². The normalized spacial score (nSPS) is 15.3. The van der Waals surface area contributed by atoms with Gasteiger partial charge in [0.25, 0.3) is 0 Å². The number of nitrogens with zero attached hydrogens (tertiary/aromatic N) is 3. The van der Waals surface area contributed by atoms with Crippen molar-refractivity contribution in [3.8, 4) is 28.4 Å². The van der Waals surface area contributed by atoms with Gasteiger partial charge in [-0.1, -0.05) is 19.1 Å². The number of hydrogen-bond acceptors (Lipinski definition) is 5. The molecule has 0 N–H and O–H groups in total. The Morgan fingerprint density at radius 3 is 2.23 bits per heavy atom. The summed E-state index contributed by atoms with van der Waals surface area (Å²) in [4.78, 5) is 4.84. The summed E-state index contributed by atoms with van der Waals surface area (Å²) in [5, 5.41) is 4.92. The van der Waals surface area contributed by atoms with E-state index in [1.807, 2.05) is 23.7 Å². The van der Waals surface area contributed by atoms with E-state index < -0.39 is 0 Å². The fourth-order valence-corrected chi connectivity index (χ4v) is 4.10. The topological polar surface area (TPSA) is 57.9 Å². The lowest BCUT2D eigenvalue weighted by molar-refractivity contribution is 0.323. The third kappa shape index (κ3) is 3.65. The third-order valence-corrected chi connectivity index (χ3v) is 5.58. The summed E-state index contributed by atoms with van der Waals surface area (Å²) in [5.74, 6) is 2.26. The van der Waals surface area contributed by atoms with Crippen LogP contribution in [0, 0.1) is 5.82 Å². The van der Waals surface area contributed by atoms with Crippen LogP contribution in [0.15, 0.2) is 41.4 Å². The Hall–Kier alpha value is -3.35. The van der Waals surface area contributed by atoms with Crippen LogP contribution in [0.4, 0.5) is 10.2 Å². The lowest BCUT2D eigenvalue weighted by Crippen LogP contribution is -2.19. The molecule has 0 aliphatic carbocycles. The second kappa shape index (κ2) is 8.41. The summed E-state index contributed by atoms with van der Waals surface area (Å²) >= 11 is 0. The molecule has 31 heavy (non-hydrogen) atoms. The number of halogens is 1. The molecule has 0 bridgehead atoms. The number of ether oxygens (including phenoxy) is 3. The maximum Gasteiger partial charge on any atom is 0.203 e. The van der Waals surface area contributed by atoms with E-state index in [-0.39, 0.29) is 11.9 Å². The van der Waals surface area contributed by atoms with Crippen LogP contribution in [0.5, 0.6) is 17.2 Å². The summed E-state index contributed by atoms with van der Waals surface area (Å²) in [7, 11) is 4.80. The average Bonchev–Trinajstić information content (AvgIpc) is 3.16. The summed E-state index contributed by atoms with van der Waals surface area (Å²) in [5.41, 5.74) is 4.76. The van der Waals surface area contributed by atoms with Gasteiger partial charge in [-0.05, 0) is 48.7 Å². The second-order valence-corrected chi connectivity index (χ2v) is 7.48. The van der Waals surface area contributed by atoms with Gasteiger partial charge in [-0.15, -0.1) is 0 Å². The predicted molar refractivity (Wildman–Crippen MR) is 119 cm³/mol. The molecule has 7 heteroatoms. The molecule has 162 valence electrons. The summed E-state index contributed by atoms with van der Waals surface area (Å²) in [6.07, 6.45) is 1.45. The quantitative estimate of drug-likeness (QED) is 0.535. The molecule has 1 aliphatic rings. The number of methoxy groups -OCH3 is 3. The number of aliphatic imine (C=N–C) groups is 1. The highest BCUT2D eigenvalue weighted by Gasteiger charge is 2.30. The molecule has 1 atom stereocenters. The number of fused-ring (bicyclic) bond motifs is 1. The Morgan fingerprint density at radius 2 is 1.68 bits per heavy atom. The molecule has 2 aromatic carbocycles. The van der Waals surface area contributed by atoms with Gasteiger partial charge in [0, 0.05) is 17.7 Å². The first-order valence-electron chi connectivity index (χ1n) is 10.2. The fraction of sp³-hybridized carbons (Fsp3) is 0.333. The summed E-state index contributed by atoms with van der Waals surface area (Å²) in [6.45, 7) is 4.08. The van der Waals surface area contributed by atoms with Crippen LogP contribution in [0.3, 0.4) is 0 Å². The number of aryl methyl sites for hydroxylation is 1. The number of benzene rings is 2. The van der Waals surface area contributed by atoms with E-state index in [9.17, 15) is 4.39 Å². The van der Waals surface area contributed by atoms with Crippen molar-refractivity contribution in [2.75, 3.05) is 21.3 Å². The molecule has 6 nitrogen and oxygen atoms in total. The molecule has 0 saturated carbocycles. The molecule has 2 heterocycles. The number of aromatic nitrogens is 2. The average molecular weight is 423 g/mol. The Kier molecular flexibility index (Phi) is 5.67. The van der Waals surface area contributed by atoms with Crippen LogP contribution in [0.25, 0.3) is 11.1 Å². The highest BCUT2D eigenvalue weighted by atomic mass is 19.1. The fourth-order valence-electron chi connectivity index (χ4n) is 4.10. The molecule has 0 radical (unpaired) electrons. The standard InChI is InChI=1S/C24H26FN3O3/c1-6-18-22(15-7-9-17(25)10-8-15)24-26-14(2)11-19(28(24)27-18)16-12-20(29-3)23(31-5)21(13-16)30-4/h7-10,12-13,19H,6,11H2,1-5H3/t19-/m1/s1. The van der Waals surface area contributed by atoms with Gasteiger partial charge in [-0.3, -0.25) is 0 Å².